The number of amides is 2. The molecule has 2 amide bonds. The van der Waals surface area contributed by atoms with Crippen molar-refractivity contribution in [2.45, 2.75) is 44.9 Å². The third kappa shape index (κ3) is 2.94. The van der Waals surface area contributed by atoms with Gasteiger partial charge in [0.2, 0.25) is 5.91 Å². The van der Waals surface area contributed by atoms with Gasteiger partial charge in [-0.2, -0.15) is 0 Å². The highest BCUT2D eigenvalue weighted by Gasteiger charge is 2.33. The standard InChI is InChI=1S/C20H26N2O2/c23-19-6-3-12-22(19)18-9-7-16(8-10-18)20(24)21-13-11-15-4-1-2-5-17(15)14-21/h7-10,15,17H,1-6,11-14H2/t15-,17+/m0/s1. The lowest BCUT2D eigenvalue weighted by atomic mass is 9.75. The van der Waals surface area contributed by atoms with E-state index in [1.54, 1.807) is 0 Å². The van der Waals surface area contributed by atoms with Crippen molar-refractivity contribution in [3.05, 3.63) is 29.8 Å². The summed E-state index contributed by atoms with van der Waals surface area (Å²) < 4.78 is 0. The lowest BCUT2D eigenvalue weighted by Gasteiger charge is -2.41. The molecular weight excluding hydrogens is 300 g/mol. The van der Waals surface area contributed by atoms with Crippen LogP contribution < -0.4 is 4.90 Å². The molecule has 4 rings (SSSR count). The zero-order chi connectivity index (χ0) is 16.5. The van der Waals surface area contributed by atoms with E-state index in [2.05, 4.69) is 0 Å². The first-order valence-electron chi connectivity index (χ1n) is 9.42. The summed E-state index contributed by atoms with van der Waals surface area (Å²) in [4.78, 5) is 28.5. The van der Waals surface area contributed by atoms with Crippen LogP contribution in [-0.2, 0) is 4.79 Å². The fraction of sp³-hybridized carbons (Fsp3) is 0.600. The molecule has 2 aliphatic heterocycles. The molecule has 1 aromatic carbocycles. The second-order valence-corrected chi connectivity index (χ2v) is 7.54. The minimum atomic E-state index is 0.151. The Bertz CT molecular complexity index is 625. The monoisotopic (exact) mass is 326 g/mol. The second kappa shape index (κ2) is 6.58. The number of piperidine rings is 1. The summed E-state index contributed by atoms with van der Waals surface area (Å²) in [6.45, 7) is 2.61. The van der Waals surface area contributed by atoms with Gasteiger partial charge in [-0.3, -0.25) is 9.59 Å². The maximum Gasteiger partial charge on any atom is 0.253 e. The van der Waals surface area contributed by atoms with E-state index in [4.69, 9.17) is 0 Å². The molecule has 1 aliphatic carbocycles. The molecule has 2 saturated heterocycles. The van der Waals surface area contributed by atoms with Crippen molar-refractivity contribution in [1.29, 1.82) is 0 Å². The summed E-state index contributed by atoms with van der Waals surface area (Å²) >= 11 is 0. The Morgan fingerprint density at radius 3 is 2.38 bits per heavy atom. The summed E-state index contributed by atoms with van der Waals surface area (Å²) in [6, 6.07) is 7.61. The predicted molar refractivity (Wildman–Crippen MR) is 94.0 cm³/mol. The number of anilines is 1. The first kappa shape index (κ1) is 15.7. The zero-order valence-corrected chi connectivity index (χ0v) is 14.2. The lowest BCUT2D eigenvalue weighted by Crippen LogP contribution is -2.44. The summed E-state index contributed by atoms with van der Waals surface area (Å²) in [5.74, 6) is 1.89. The average Bonchev–Trinajstić information content (AvgIpc) is 3.07. The third-order valence-electron chi connectivity index (χ3n) is 6.08. The highest BCUT2D eigenvalue weighted by molar-refractivity contribution is 5.97. The van der Waals surface area contributed by atoms with Crippen molar-refractivity contribution in [2.24, 2.45) is 11.8 Å². The summed E-state index contributed by atoms with van der Waals surface area (Å²) in [7, 11) is 0. The van der Waals surface area contributed by atoms with Crippen LogP contribution in [0.15, 0.2) is 24.3 Å². The molecule has 1 aromatic rings. The Morgan fingerprint density at radius 1 is 0.917 bits per heavy atom. The van der Waals surface area contributed by atoms with Gasteiger partial charge in [0.25, 0.3) is 5.91 Å². The van der Waals surface area contributed by atoms with E-state index in [0.717, 1.165) is 49.6 Å². The van der Waals surface area contributed by atoms with Crippen molar-refractivity contribution >= 4 is 17.5 Å². The van der Waals surface area contributed by atoms with Crippen LogP contribution in [0.4, 0.5) is 5.69 Å². The van der Waals surface area contributed by atoms with Crippen LogP contribution in [0.25, 0.3) is 0 Å². The minimum Gasteiger partial charge on any atom is -0.338 e. The third-order valence-corrected chi connectivity index (χ3v) is 6.08. The zero-order valence-electron chi connectivity index (χ0n) is 14.2. The Morgan fingerprint density at radius 2 is 1.67 bits per heavy atom. The van der Waals surface area contributed by atoms with Gasteiger partial charge in [0.05, 0.1) is 0 Å². The van der Waals surface area contributed by atoms with E-state index in [9.17, 15) is 9.59 Å². The van der Waals surface area contributed by atoms with Gasteiger partial charge in [0.1, 0.15) is 0 Å². The van der Waals surface area contributed by atoms with Crippen LogP contribution in [0.5, 0.6) is 0 Å². The molecule has 1 saturated carbocycles. The molecule has 2 heterocycles. The Kier molecular flexibility index (Phi) is 4.30. The fourth-order valence-corrected chi connectivity index (χ4v) is 4.67. The number of rotatable bonds is 2. The van der Waals surface area contributed by atoms with E-state index < -0.39 is 0 Å². The average molecular weight is 326 g/mol. The second-order valence-electron chi connectivity index (χ2n) is 7.54. The number of likely N-dealkylation sites (tertiary alicyclic amines) is 1. The SMILES string of the molecule is O=C(c1ccc(N2CCCC2=O)cc1)N1CC[C@@H]2CCCC[C@@H]2C1. The van der Waals surface area contributed by atoms with Crippen molar-refractivity contribution < 1.29 is 9.59 Å². The van der Waals surface area contributed by atoms with E-state index in [0.29, 0.717) is 12.3 Å². The number of benzene rings is 1. The number of nitrogens with zero attached hydrogens (tertiary/aromatic N) is 2. The van der Waals surface area contributed by atoms with Gasteiger partial charge in [-0.25, -0.2) is 0 Å². The smallest absolute Gasteiger partial charge is 0.253 e. The van der Waals surface area contributed by atoms with Gasteiger partial charge >= 0.3 is 0 Å². The fourth-order valence-electron chi connectivity index (χ4n) is 4.67. The molecule has 4 heteroatoms. The van der Waals surface area contributed by atoms with Crippen molar-refractivity contribution in [1.82, 2.24) is 4.90 Å². The molecule has 3 aliphatic rings. The van der Waals surface area contributed by atoms with E-state index in [-0.39, 0.29) is 11.8 Å². The molecule has 0 spiro atoms. The number of carbonyl (C=O) groups is 2. The first-order chi connectivity index (χ1) is 11.7. The van der Waals surface area contributed by atoms with Crippen molar-refractivity contribution in [3.63, 3.8) is 0 Å². The Hall–Kier alpha value is -1.84. The van der Waals surface area contributed by atoms with Gasteiger partial charge in [0, 0.05) is 37.3 Å². The number of hydrogen-bond acceptors (Lipinski definition) is 2. The van der Waals surface area contributed by atoms with Crippen LogP contribution in [0.2, 0.25) is 0 Å². The van der Waals surface area contributed by atoms with Gasteiger partial charge in [0.15, 0.2) is 0 Å². The lowest BCUT2D eigenvalue weighted by molar-refractivity contribution is -0.117. The van der Waals surface area contributed by atoms with Crippen molar-refractivity contribution in [3.8, 4) is 0 Å². The Labute approximate surface area is 143 Å². The maximum atomic E-state index is 12.8. The molecule has 4 nitrogen and oxygen atoms in total. The molecule has 0 bridgehead atoms. The number of carbonyl (C=O) groups excluding carboxylic acids is 2. The molecular formula is C20H26N2O2. The van der Waals surface area contributed by atoms with Crippen LogP contribution in [0.1, 0.15) is 55.3 Å². The van der Waals surface area contributed by atoms with Gasteiger partial charge < -0.3 is 9.80 Å². The summed E-state index contributed by atoms with van der Waals surface area (Å²) in [5.41, 5.74) is 1.67. The largest absolute Gasteiger partial charge is 0.338 e. The molecule has 128 valence electrons. The normalized spacial score (nSPS) is 27.2. The predicted octanol–water partition coefficient (Wildman–Crippen LogP) is 3.47. The van der Waals surface area contributed by atoms with E-state index >= 15 is 0 Å². The van der Waals surface area contributed by atoms with Crippen LogP contribution >= 0.6 is 0 Å². The van der Waals surface area contributed by atoms with Gasteiger partial charge in [-0.05, 0) is 55.4 Å². The molecule has 24 heavy (non-hydrogen) atoms. The number of hydrogen-bond donors (Lipinski definition) is 0. The molecule has 0 aromatic heterocycles. The van der Waals surface area contributed by atoms with Gasteiger partial charge in [-0.15, -0.1) is 0 Å². The number of fused-ring (bicyclic) bond motifs is 1. The molecule has 2 atom stereocenters. The first-order valence-corrected chi connectivity index (χ1v) is 9.42. The van der Waals surface area contributed by atoms with Crippen LogP contribution in [-0.4, -0.2) is 36.3 Å². The van der Waals surface area contributed by atoms with Crippen molar-refractivity contribution in [2.75, 3.05) is 24.5 Å². The van der Waals surface area contributed by atoms with Crippen LogP contribution in [0, 0.1) is 11.8 Å². The Balaban J connectivity index is 1.43. The van der Waals surface area contributed by atoms with Gasteiger partial charge in [-0.1, -0.05) is 19.3 Å². The quantitative estimate of drug-likeness (QED) is 0.835. The molecule has 3 fully saturated rings. The topological polar surface area (TPSA) is 40.6 Å². The van der Waals surface area contributed by atoms with Crippen LogP contribution in [0.3, 0.4) is 0 Å². The summed E-state index contributed by atoms with van der Waals surface area (Å²) in [6.07, 6.45) is 8.05. The van der Waals surface area contributed by atoms with E-state index in [1.807, 2.05) is 34.1 Å². The molecule has 0 N–H and O–H groups in total. The van der Waals surface area contributed by atoms with E-state index in [1.165, 1.54) is 25.7 Å². The highest BCUT2D eigenvalue weighted by Crippen LogP contribution is 2.36. The molecule has 0 radical (unpaired) electrons. The molecule has 0 unspecified atom stereocenters. The highest BCUT2D eigenvalue weighted by atomic mass is 16.2. The summed E-state index contributed by atoms with van der Waals surface area (Å²) in [5, 5.41) is 0. The maximum absolute atomic E-state index is 12.8. The minimum absolute atomic E-state index is 0.151.